The number of sulfonamides is 1. The number of nitrogens with zero attached hydrogens (tertiary/aromatic N) is 2. The Hall–Kier alpha value is -0.760. The molecule has 2 heterocycles. The zero-order valence-corrected chi connectivity index (χ0v) is 13.9. The number of hydrogen-bond donors (Lipinski definition) is 1. The first-order chi connectivity index (χ1) is 9.97. The van der Waals surface area contributed by atoms with Gasteiger partial charge in [-0.2, -0.15) is 11.8 Å². The first kappa shape index (κ1) is 15.1. The van der Waals surface area contributed by atoms with Gasteiger partial charge < -0.3 is 0 Å². The Kier molecular flexibility index (Phi) is 3.94. The van der Waals surface area contributed by atoms with Crippen LogP contribution in [0.3, 0.4) is 0 Å². The summed E-state index contributed by atoms with van der Waals surface area (Å²) in [7, 11) is -3.69. The van der Waals surface area contributed by atoms with Crippen LogP contribution in [0.4, 0.5) is 0 Å². The van der Waals surface area contributed by atoms with Gasteiger partial charge in [-0.05, 0) is 31.2 Å². The number of thioether (sulfide) groups is 1. The van der Waals surface area contributed by atoms with Crippen LogP contribution < -0.4 is 4.72 Å². The normalized spacial score (nSPS) is 17.8. The minimum atomic E-state index is -3.69. The van der Waals surface area contributed by atoms with Gasteiger partial charge >= 0.3 is 0 Å². The number of aromatic nitrogens is 2. The molecule has 1 fully saturated rings. The van der Waals surface area contributed by atoms with Crippen molar-refractivity contribution in [1.29, 1.82) is 0 Å². The van der Waals surface area contributed by atoms with Gasteiger partial charge in [-0.3, -0.25) is 4.40 Å². The summed E-state index contributed by atoms with van der Waals surface area (Å²) in [6.45, 7) is 0.424. The fourth-order valence-electron chi connectivity index (χ4n) is 2.50. The van der Waals surface area contributed by atoms with Crippen LogP contribution in [-0.2, 0) is 10.0 Å². The molecule has 1 saturated carbocycles. The minimum absolute atomic E-state index is 0.000473. The van der Waals surface area contributed by atoms with Crippen molar-refractivity contribution in [2.45, 2.75) is 29.0 Å². The third kappa shape index (κ3) is 2.67. The minimum Gasteiger partial charge on any atom is -0.288 e. The van der Waals surface area contributed by atoms with Gasteiger partial charge in [0, 0.05) is 17.5 Å². The lowest BCUT2D eigenvalue weighted by Gasteiger charge is -2.40. The average Bonchev–Trinajstić information content (AvgIpc) is 2.74. The highest BCUT2D eigenvalue weighted by atomic mass is 35.5. The largest absolute Gasteiger partial charge is 0.288 e. The van der Waals surface area contributed by atoms with Crippen molar-refractivity contribution in [3.8, 4) is 0 Å². The number of fused-ring (bicyclic) bond motifs is 1. The summed E-state index contributed by atoms with van der Waals surface area (Å²) in [5.41, 5.74) is 0.520. The van der Waals surface area contributed by atoms with Gasteiger partial charge in [-0.1, -0.05) is 24.1 Å². The van der Waals surface area contributed by atoms with E-state index in [1.54, 1.807) is 36.2 Å². The molecule has 1 N–H and O–H groups in total. The second kappa shape index (κ2) is 5.46. The zero-order valence-electron chi connectivity index (χ0n) is 11.5. The molecule has 2 aromatic heterocycles. The lowest BCUT2D eigenvalue weighted by atomic mass is 9.84. The van der Waals surface area contributed by atoms with Crippen LogP contribution in [0.2, 0.25) is 5.15 Å². The van der Waals surface area contributed by atoms with Crippen LogP contribution in [0.25, 0.3) is 5.65 Å². The van der Waals surface area contributed by atoms with Crippen LogP contribution in [0.5, 0.6) is 0 Å². The highest BCUT2D eigenvalue weighted by Crippen LogP contribution is 2.42. The predicted molar refractivity (Wildman–Crippen MR) is 85.5 cm³/mol. The molecule has 2 aromatic rings. The molecule has 3 rings (SSSR count). The maximum Gasteiger partial charge on any atom is 0.259 e. The summed E-state index contributed by atoms with van der Waals surface area (Å²) in [5.74, 6) is 0. The molecule has 1 aliphatic rings. The van der Waals surface area contributed by atoms with Crippen LogP contribution in [0.1, 0.15) is 19.3 Å². The Balaban J connectivity index is 1.91. The number of imidazole rings is 1. The lowest BCUT2D eigenvalue weighted by Crippen LogP contribution is -2.45. The van der Waals surface area contributed by atoms with Crippen LogP contribution >= 0.6 is 23.4 Å². The maximum absolute atomic E-state index is 12.6. The molecule has 0 bridgehead atoms. The Bertz CT molecular complexity index is 763. The predicted octanol–water partition coefficient (Wildman–Crippen LogP) is 2.55. The fourth-order valence-corrected chi connectivity index (χ4v) is 5.28. The van der Waals surface area contributed by atoms with E-state index in [1.165, 1.54) is 4.40 Å². The van der Waals surface area contributed by atoms with Crippen molar-refractivity contribution in [2.24, 2.45) is 0 Å². The van der Waals surface area contributed by atoms with E-state index in [9.17, 15) is 8.42 Å². The highest BCUT2D eigenvalue weighted by molar-refractivity contribution is 8.00. The Morgan fingerprint density at radius 2 is 2.24 bits per heavy atom. The quantitative estimate of drug-likeness (QED) is 0.904. The van der Waals surface area contributed by atoms with Gasteiger partial charge in [0.05, 0.1) is 0 Å². The molecule has 0 aliphatic heterocycles. The number of rotatable bonds is 5. The van der Waals surface area contributed by atoms with Crippen molar-refractivity contribution < 1.29 is 8.42 Å². The molecule has 0 unspecified atom stereocenters. The van der Waals surface area contributed by atoms with Gasteiger partial charge in [0.1, 0.15) is 5.65 Å². The van der Waals surface area contributed by atoms with Gasteiger partial charge in [-0.15, -0.1) is 0 Å². The van der Waals surface area contributed by atoms with Crippen molar-refractivity contribution in [3.63, 3.8) is 0 Å². The van der Waals surface area contributed by atoms with Gasteiger partial charge in [-0.25, -0.2) is 18.1 Å². The van der Waals surface area contributed by atoms with E-state index in [-0.39, 0.29) is 14.9 Å². The van der Waals surface area contributed by atoms with E-state index in [0.717, 1.165) is 19.3 Å². The monoisotopic (exact) mass is 345 g/mol. The van der Waals surface area contributed by atoms with Crippen molar-refractivity contribution in [1.82, 2.24) is 14.1 Å². The molecule has 21 heavy (non-hydrogen) atoms. The van der Waals surface area contributed by atoms with Gasteiger partial charge in [0.2, 0.25) is 0 Å². The third-order valence-electron chi connectivity index (χ3n) is 3.98. The number of halogens is 1. The fraction of sp³-hybridized carbons (Fsp3) is 0.462. The molecule has 0 spiro atoms. The molecule has 0 amide bonds. The second-order valence-electron chi connectivity index (χ2n) is 5.20. The van der Waals surface area contributed by atoms with Crippen molar-refractivity contribution in [3.05, 3.63) is 29.5 Å². The number of pyridine rings is 1. The molecule has 0 atom stereocenters. The van der Waals surface area contributed by atoms with Gasteiger partial charge in [0.15, 0.2) is 10.2 Å². The van der Waals surface area contributed by atoms with Crippen LogP contribution in [-0.4, -0.2) is 35.4 Å². The first-order valence-electron chi connectivity index (χ1n) is 6.65. The van der Waals surface area contributed by atoms with E-state index in [1.807, 2.05) is 6.26 Å². The highest BCUT2D eigenvalue weighted by Gasteiger charge is 2.38. The van der Waals surface area contributed by atoms with Crippen molar-refractivity contribution in [2.75, 3.05) is 12.8 Å². The van der Waals surface area contributed by atoms with E-state index in [4.69, 9.17) is 11.6 Å². The van der Waals surface area contributed by atoms with E-state index in [0.29, 0.717) is 12.2 Å². The Morgan fingerprint density at radius 3 is 2.86 bits per heavy atom. The zero-order chi connectivity index (χ0) is 15.1. The summed E-state index contributed by atoms with van der Waals surface area (Å²) in [6, 6.07) is 5.26. The summed E-state index contributed by atoms with van der Waals surface area (Å²) < 4.78 is 29.3. The molecule has 114 valence electrons. The molecular formula is C13H16ClN3O2S2. The van der Waals surface area contributed by atoms with Crippen LogP contribution in [0.15, 0.2) is 29.4 Å². The first-order valence-corrected chi connectivity index (χ1v) is 9.73. The standard InChI is InChI=1S/C13H16ClN3O2S2/c1-20-13(6-4-7-13)9-15-21(18,19)12-11(14)16-10-5-2-3-8-17(10)12/h2-3,5,8,15H,4,6-7,9H2,1H3. The number of nitrogens with one attached hydrogen (secondary N) is 1. The molecule has 0 radical (unpaired) electrons. The summed E-state index contributed by atoms with van der Waals surface area (Å²) >= 11 is 7.75. The molecule has 5 nitrogen and oxygen atoms in total. The topological polar surface area (TPSA) is 63.5 Å². The van der Waals surface area contributed by atoms with Gasteiger partial charge in [0.25, 0.3) is 10.0 Å². The van der Waals surface area contributed by atoms with E-state index >= 15 is 0 Å². The SMILES string of the molecule is CSC1(CNS(=O)(=O)c2c(Cl)nc3ccccn23)CCC1. The lowest BCUT2D eigenvalue weighted by molar-refractivity contribution is 0.361. The summed E-state index contributed by atoms with van der Waals surface area (Å²) in [5, 5.41) is 0.0101. The van der Waals surface area contributed by atoms with Crippen LogP contribution in [0, 0.1) is 0 Å². The maximum atomic E-state index is 12.6. The molecule has 1 aliphatic carbocycles. The third-order valence-corrected chi connectivity index (χ3v) is 7.20. The summed E-state index contributed by atoms with van der Waals surface area (Å²) in [4.78, 5) is 4.08. The van der Waals surface area contributed by atoms with E-state index in [2.05, 4.69) is 9.71 Å². The smallest absolute Gasteiger partial charge is 0.259 e. The second-order valence-corrected chi connectivity index (χ2v) is 8.52. The molecule has 0 saturated heterocycles. The van der Waals surface area contributed by atoms with Crippen molar-refractivity contribution >= 4 is 39.0 Å². The van der Waals surface area contributed by atoms with E-state index < -0.39 is 10.0 Å². The molecule has 8 heteroatoms. The average molecular weight is 346 g/mol. The molecular weight excluding hydrogens is 330 g/mol. The Labute approximate surface area is 133 Å². The summed E-state index contributed by atoms with van der Waals surface area (Å²) in [6.07, 6.45) is 6.90. The molecule has 0 aromatic carbocycles. The Morgan fingerprint density at radius 1 is 1.48 bits per heavy atom. The number of hydrogen-bond acceptors (Lipinski definition) is 4.